The Balaban J connectivity index is 2.23. The van der Waals surface area contributed by atoms with E-state index >= 15 is 0 Å². The summed E-state index contributed by atoms with van der Waals surface area (Å²) < 4.78 is 2.26. The van der Waals surface area contributed by atoms with Crippen molar-refractivity contribution in [2.24, 2.45) is 0 Å². The molecule has 1 N–H and O–H groups in total. The molecule has 20 heavy (non-hydrogen) atoms. The summed E-state index contributed by atoms with van der Waals surface area (Å²) in [6, 6.07) is 8.25. The zero-order chi connectivity index (χ0) is 14.4. The predicted molar refractivity (Wildman–Crippen MR) is 83.8 cm³/mol. The molecule has 3 nitrogen and oxygen atoms in total. The van der Waals surface area contributed by atoms with Crippen LogP contribution in [-0.4, -0.2) is 11.1 Å². The largest absolute Gasteiger partial charge is 0.347 e. The van der Waals surface area contributed by atoms with Gasteiger partial charge in [0.05, 0.1) is 6.07 Å². The zero-order valence-electron chi connectivity index (χ0n) is 11.8. The number of nitriles is 1. The lowest BCUT2D eigenvalue weighted by molar-refractivity contribution is 0.628. The number of halogens is 1. The highest BCUT2D eigenvalue weighted by Gasteiger charge is 2.08. The zero-order valence-corrected chi connectivity index (χ0v) is 12.6. The molecule has 0 radical (unpaired) electrons. The molecule has 0 spiro atoms. The summed E-state index contributed by atoms with van der Waals surface area (Å²) in [5.41, 5.74) is 2.49. The predicted octanol–water partition coefficient (Wildman–Crippen LogP) is 4.10. The van der Waals surface area contributed by atoms with Crippen LogP contribution in [-0.2, 0) is 13.1 Å². The summed E-state index contributed by atoms with van der Waals surface area (Å²) >= 11 is 6.12. The molecule has 2 aromatic rings. The molecular weight excluding hydrogens is 270 g/mol. The second-order valence-electron chi connectivity index (χ2n) is 4.90. The summed E-state index contributed by atoms with van der Waals surface area (Å²) in [6.45, 7) is 4.88. The Hall–Kier alpha value is -1.50. The van der Waals surface area contributed by atoms with Crippen LogP contribution in [0.3, 0.4) is 0 Å². The molecule has 0 saturated carbocycles. The van der Waals surface area contributed by atoms with Crippen LogP contribution in [0.15, 0.2) is 24.4 Å². The highest BCUT2D eigenvalue weighted by Crippen LogP contribution is 2.25. The van der Waals surface area contributed by atoms with Gasteiger partial charge in [-0.05, 0) is 37.1 Å². The van der Waals surface area contributed by atoms with Crippen molar-refractivity contribution in [1.82, 2.24) is 9.88 Å². The molecule has 1 aromatic heterocycles. The van der Waals surface area contributed by atoms with Gasteiger partial charge in [0, 0.05) is 41.6 Å². The van der Waals surface area contributed by atoms with E-state index in [-0.39, 0.29) is 0 Å². The first-order valence-electron chi connectivity index (χ1n) is 7.11. The molecule has 1 heterocycles. The number of nitrogens with one attached hydrogen (secondary N) is 1. The Kier molecular flexibility index (Phi) is 5.46. The summed E-state index contributed by atoms with van der Waals surface area (Å²) in [5.74, 6) is 0. The molecule has 106 valence electrons. The smallest absolute Gasteiger partial charge is 0.0621 e. The molecule has 0 amide bonds. The first kappa shape index (κ1) is 14.9. The second-order valence-corrected chi connectivity index (χ2v) is 5.34. The standard InChI is InChI=1S/C16H20ClN3/c1-2-19-11-13-12-20(9-5-3-4-8-18)16-10-14(17)6-7-15(13)16/h6-7,10,12,19H,2-5,9,11H2,1H3. The van der Waals surface area contributed by atoms with Gasteiger partial charge < -0.3 is 9.88 Å². The van der Waals surface area contributed by atoms with Crippen LogP contribution < -0.4 is 5.32 Å². The highest BCUT2D eigenvalue weighted by molar-refractivity contribution is 6.31. The quantitative estimate of drug-likeness (QED) is 0.780. The van der Waals surface area contributed by atoms with Gasteiger partial charge in [-0.3, -0.25) is 0 Å². The number of nitrogens with zero attached hydrogens (tertiary/aromatic N) is 2. The SMILES string of the molecule is CCNCc1cn(CCCCC#N)c2cc(Cl)ccc12. The highest BCUT2D eigenvalue weighted by atomic mass is 35.5. The van der Waals surface area contributed by atoms with E-state index in [1.54, 1.807) is 0 Å². The van der Waals surface area contributed by atoms with Crippen LogP contribution >= 0.6 is 11.6 Å². The molecule has 0 aliphatic heterocycles. The van der Waals surface area contributed by atoms with Gasteiger partial charge in [-0.15, -0.1) is 0 Å². The molecular formula is C16H20ClN3. The van der Waals surface area contributed by atoms with E-state index in [1.165, 1.54) is 16.5 Å². The molecule has 1 aromatic carbocycles. The Morgan fingerprint density at radius 1 is 1.35 bits per heavy atom. The third-order valence-corrected chi connectivity index (χ3v) is 3.66. The molecule has 0 aliphatic carbocycles. The van der Waals surface area contributed by atoms with Gasteiger partial charge in [0.25, 0.3) is 0 Å². The van der Waals surface area contributed by atoms with E-state index in [2.05, 4.69) is 35.1 Å². The van der Waals surface area contributed by atoms with Crippen molar-refractivity contribution in [2.75, 3.05) is 6.54 Å². The van der Waals surface area contributed by atoms with Crippen molar-refractivity contribution < 1.29 is 0 Å². The van der Waals surface area contributed by atoms with Gasteiger partial charge in [-0.2, -0.15) is 5.26 Å². The van der Waals surface area contributed by atoms with E-state index in [0.29, 0.717) is 6.42 Å². The number of rotatable bonds is 7. The maximum Gasteiger partial charge on any atom is 0.0621 e. The topological polar surface area (TPSA) is 40.8 Å². The van der Waals surface area contributed by atoms with Gasteiger partial charge in [-0.1, -0.05) is 24.6 Å². The van der Waals surface area contributed by atoms with E-state index < -0.39 is 0 Å². The molecule has 0 saturated heterocycles. The Morgan fingerprint density at radius 3 is 2.95 bits per heavy atom. The third kappa shape index (κ3) is 3.53. The van der Waals surface area contributed by atoms with Gasteiger partial charge in [0.15, 0.2) is 0 Å². The van der Waals surface area contributed by atoms with Gasteiger partial charge in [0.1, 0.15) is 0 Å². The van der Waals surface area contributed by atoms with Gasteiger partial charge in [-0.25, -0.2) is 0 Å². The van der Waals surface area contributed by atoms with Crippen LogP contribution in [0.25, 0.3) is 10.9 Å². The fourth-order valence-corrected chi connectivity index (χ4v) is 2.58. The number of aromatic nitrogens is 1. The Morgan fingerprint density at radius 2 is 2.20 bits per heavy atom. The minimum absolute atomic E-state index is 0.629. The maximum atomic E-state index is 8.59. The first-order valence-corrected chi connectivity index (χ1v) is 7.49. The van der Waals surface area contributed by atoms with E-state index in [1.807, 2.05) is 12.1 Å². The van der Waals surface area contributed by atoms with Gasteiger partial charge >= 0.3 is 0 Å². The first-order chi connectivity index (χ1) is 9.76. The van der Waals surface area contributed by atoms with E-state index in [9.17, 15) is 0 Å². The van der Waals surface area contributed by atoms with Crippen LogP contribution in [0.1, 0.15) is 31.7 Å². The van der Waals surface area contributed by atoms with Crippen LogP contribution in [0.4, 0.5) is 0 Å². The molecule has 2 rings (SSSR count). The molecule has 0 unspecified atom stereocenters. The number of aryl methyl sites for hydroxylation is 1. The Labute approximate surface area is 125 Å². The van der Waals surface area contributed by atoms with Crippen molar-refractivity contribution in [1.29, 1.82) is 5.26 Å². The van der Waals surface area contributed by atoms with Crippen molar-refractivity contribution >= 4 is 22.5 Å². The number of fused-ring (bicyclic) bond motifs is 1. The fourth-order valence-electron chi connectivity index (χ4n) is 2.41. The Bertz CT molecular complexity index is 610. The van der Waals surface area contributed by atoms with Crippen molar-refractivity contribution in [3.05, 3.63) is 35.0 Å². The van der Waals surface area contributed by atoms with Crippen molar-refractivity contribution in [3.63, 3.8) is 0 Å². The van der Waals surface area contributed by atoms with E-state index in [4.69, 9.17) is 16.9 Å². The maximum absolute atomic E-state index is 8.59. The summed E-state index contributed by atoms with van der Waals surface area (Å²) in [6.07, 6.45) is 4.80. The summed E-state index contributed by atoms with van der Waals surface area (Å²) in [7, 11) is 0. The lowest BCUT2D eigenvalue weighted by atomic mass is 10.2. The average molecular weight is 290 g/mol. The number of unbranched alkanes of at least 4 members (excludes halogenated alkanes) is 2. The minimum Gasteiger partial charge on any atom is -0.347 e. The lowest BCUT2D eigenvalue weighted by Gasteiger charge is -2.04. The van der Waals surface area contributed by atoms with E-state index in [0.717, 1.165) is 37.5 Å². The monoisotopic (exact) mass is 289 g/mol. The summed E-state index contributed by atoms with van der Waals surface area (Å²) in [4.78, 5) is 0. The molecule has 0 atom stereocenters. The number of hydrogen-bond acceptors (Lipinski definition) is 2. The van der Waals surface area contributed by atoms with Gasteiger partial charge in [0.2, 0.25) is 0 Å². The minimum atomic E-state index is 0.629. The second kappa shape index (κ2) is 7.33. The average Bonchev–Trinajstić information content (AvgIpc) is 2.79. The van der Waals surface area contributed by atoms with Crippen LogP contribution in [0.5, 0.6) is 0 Å². The third-order valence-electron chi connectivity index (χ3n) is 3.43. The molecule has 0 fully saturated rings. The van der Waals surface area contributed by atoms with Crippen LogP contribution in [0, 0.1) is 11.3 Å². The summed E-state index contributed by atoms with van der Waals surface area (Å²) in [5, 5.41) is 14.0. The molecule has 0 bridgehead atoms. The fraction of sp³-hybridized carbons (Fsp3) is 0.438. The molecule has 4 heteroatoms. The van der Waals surface area contributed by atoms with Crippen molar-refractivity contribution in [3.8, 4) is 6.07 Å². The number of hydrogen-bond donors (Lipinski definition) is 1. The van der Waals surface area contributed by atoms with Crippen molar-refractivity contribution in [2.45, 2.75) is 39.3 Å². The number of benzene rings is 1. The lowest BCUT2D eigenvalue weighted by Crippen LogP contribution is -2.11. The normalized spacial score (nSPS) is 10.8. The molecule has 0 aliphatic rings. The van der Waals surface area contributed by atoms with Crippen LogP contribution in [0.2, 0.25) is 5.02 Å².